The van der Waals surface area contributed by atoms with E-state index in [-0.39, 0.29) is 17.7 Å². The molecule has 0 aromatic heterocycles. The highest BCUT2D eigenvalue weighted by Gasteiger charge is 2.31. The second-order valence-electron chi connectivity index (χ2n) is 5.33. The summed E-state index contributed by atoms with van der Waals surface area (Å²) in [4.78, 5) is 14.1. The number of hydrogen-bond donors (Lipinski definition) is 1. The molecule has 0 radical (unpaired) electrons. The van der Waals surface area contributed by atoms with Crippen molar-refractivity contribution in [1.29, 1.82) is 0 Å². The summed E-state index contributed by atoms with van der Waals surface area (Å²) >= 11 is 0. The van der Waals surface area contributed by atoms with E-state index in [0.29, 0.717) is 0 Å². The van der Waals surface area contributed by atoms with E-state index in [1.54, 1.807) is 0 Å². The van der Waals surface area contributed by atoms with Crippen molar-refractivity contribution >= 4 is 11.6 Å². The lowest BCUT2D eigenvalue weighted by Gasteiger charge is -2.31. The summed E-state index contributed by atoms with van der Waals surface area (Å²) in [6, 6.07) is 17.9. The Kier molecular flexibility index (Phi) is 3.48. The number of carbonyl (C=O) groups is 1. The fourth-order valence-electron chi connectivity index (χ4n) is 3.00. The maximum atomic E-state index is 12.1. The van der Waals surface area contributed by atoms with Gasteiger partial charge in [-0.15, -0.1) is 0 Å². The molecule has 21 heavy (non-hydrogen) atoms. The first-order valence-corrected chi connectivity index (χ1v) is 7.03. The van der Waals surface area contributed by atoms with Gasteiger partial charge in [0, 0.05) is 24.9 Å². The third-order valence-corrected chi connectivity index (χ3v) is 4.02. The van der Waals surface area contributed by atoms with Crippen LogP contribution >= 0.6 is 0 Å². The lowest BCUT2D eigenvalue weighted by Crippen LogP contribution is -2.29. The minimum atomic E-state index is -0.350. The summed E-state index contributed by atoms with van der Waals surface area (Å²) < 4.78 is 0. The summed E-state index contributed by atoms with van der Waals surface area (Å²) in [7, 11) is 2.01. The Morgan fingerprint density at radius 3 is 2.48 bits per heavy atom. The summed E-state index contributed by atoms with van der Waals surface area (Å²) in [5, 5.41) is 0. The van der Waals surface area contributed by atoms with Gasteiger partial charge in [0.05, 0.1) is 5.92 Å². The van der Waals surface area contributed by atoms with E-state index >= 15 is 0 Å². The van der Waals surface area contributed by atoms with Gasteiger partial charge in [-0.3, -0.25) is 4.79 Å². The van der Waals surface area contributed by atoms with Gasteiger partial charge < -0.3 is 10.6 Å². The van der Waals surface area contributed by atoms with Gasteiger partial charge in [-0.2, -0.15) is 0 Å². The van der Waals surface area contributed by atoms with E-state index < -0.39 is 0 Å². The highest BCUT2D eigenvalue weighted by atomic mass is 16.1. The molecule has 0 saturated carbocycles. The fourth-order valence-corrected chi connectivity index (χ4v) is 3.00. The standard InChI is InChI=1S/C18H18N2O/c1-20-12-11-15(14-9-5-6-10-16(14)20)17(18(19)21)13-7-3-2-4-8-13/h2-12,15,17H,1H3,(H2,19,21)/t15-,17-/m0/s1. The number of primary amides is 1. The number of rotatable bonds is 3. The number of hydrogen-bond acceptors (Lipinski definition) is 2. The molecule has 2 aromatic rings. The zero-order valence-corrected chi connectivity index (χ0v) is 11.9. The monoisotopic (exact) mass is 278 g/mol. The van der Waals surface area contributed by atoms with Crippen LogP contribution in [0.25, 0.3) is 0 Å². The Labute approximate surface area is 124 Å². The molecule has 0 fully saturated rings. The average molecular weight is 278 g/mol. The number of para-hydroxylation sites is 1. The smallest absolute Gasteiger partial charge is 0.225 e. The van der Waals surface area contributed by atoms with Crippen molar-refractivity contribution in [3.8, 4) is 0 Å². The van der Waals surface area contributed by atoms with Crippen LogP contribution in [-0.2, 0) is 4.79 Å². The SMILES string of the molecule is CN1C=C[C@H]([C@@H](C(N)=O)c2ccccc2)c2ccccc21. The van der Waals surface area contributed by atoms with E-state index in [1.807, 2.05) is 55.7 Å². The first-order chi connectivity index (χ1) is 10.2. The second kappa shape index (κ2) is 5.44. The van der Waals surface area contributed by atoms with Gasteiger partial charge >= 0.3 is 0 Å². The maximum absolute atomic E-state index is 12.1. The van der Waals surface area contributed by atoms with Gasteiger partial charge in [-0.25, -0.2) is 0 Å². The van der Waals surface area contributed by atoms with Crippen LogP contribution in [0.3, 0.4) is 0 Å². The zero-order valence-electron chi connectivity index (χ0n) is 11.9. The lowest BCUT2D eigenvalue weighted by atomic mass is 9.79. The Balaban J connectivity index is 2.09. The third-order valence-electron chi connectivity index (χ3n) is 4.02. The van der Waals surface area contributed by atoms with Crippen molar-refractivity contribution in [1.82, 2.24) is 0 Å². The molecule has 0 unspecified atom stereocenters. The molecule has 1 aliphatic rings. The van der Waals surface area contributed by atoms with Crippen molar-refractivity contribution in [2.24, 2.45) is 5.73 Å². The number of amides is 1. The van der Waals surface area contributed by atoms with Gasteiger partial charge in [-0.1, -0.05) is 54.6 Å². The molecular weight excluding hydrogens is 260 g/mol. The van der Waals surface area contributed by atoms with Gasteiger partial charge in [0.2, 0.25) is 5.91 Å². The molecule has 0 bridgehead atoms. The van der Waals surface area contributed by atoms with Crippen LogP contribution in [0.2, 0.25) is 0 Å². The van der Waals surface area contributed by atoms with E-state index in [0.717, 1.165) is 16.8 Å². The van der Waals surface area contributed by atoms with Gasteiger partial charge in [0.25, 0.3) is 0 Å². The zero-order chi connectivity index (χ0) is 14.8. The molecule has 0 aliphatic carbocycles. The van der Waals surface area contributed by atoms with E-state index in [4.69, 9.17) is 5.73 Å². The molecule has 2 atom stereocenters. The van der Waals surface area contributed by atoms with Crippen molar-refractivity contribution in [2.75, 3.05) is 11.9 Å². The Hall–Kier alpha value is -2.55. The number of nitrogens with two attached hydrogens (primary N) is 1. The molecule has 0 spiro atoms. The molecule has 2 aromatic carbocycles. The largest absolute Gasteiger partial charge is 0.369 e. The average Bonchev–Trinajstić information content (AvgIpc) is 2.51. The van der Waals surface area contributed by atoms with Crippen molar-refractivity contribution in [2.45, 2.75) is 11.8 Å². The van der Waals surface area contributed by atoms with Crippen LogP contribution in [0.1, 0.15) is 23.0 Å². The predicted octanol–water partition coefficient (Wildman–Crippen LogP) is 3.00. The van der Waals surface area contributed by atoms with Crippen molar-refractivity contribution < 1.29 is 4.79 Å². The van der Waals surface area contributed by atoms with E-state index in [1.165, 1.54) is 0 Å². The lowest BCUT2D eigenvalue weighted by molar-refractivity contribution is -0.119. The molecule has 0 saturated heterocycles. The van der Waals surface area contributed by atoms with Gasteiger partial charge in [0.15, 0.2) is 0 Å². The number of carbonyl (C=O) groups excluding carboxylic acids is 1. The van der Waals surface area contributed by atoms with Gasteiger partial charge in [0.1, 0.15) is 0 Å². The molecule has 3 heteroatoms. The summed E-state index contributed by atoms with van der Waals surface area (Å²) in [6.45, 7) is 0. The predicted molar refractivity (Wildman–Crippen MR) is 85.1 cm³/mol. The molecule has 2 N–H and O–H groups in total. The van der Waals surface area contributed by atoms with Crippen LogP contribution in [0, 0.1) is 0 Å². The highest BCUT2D eigenvalue weighted by Crippen LogP contribution is 2.41. The number of nitrogens with zero attached hydrogens (tertiary/aromatic N) is 1. The molecule has 106 valence electrons. The molecule has 3 rings (SSSR count). The van der Waals surface area contributed by atoms with Crippen molar-refractivity contribution in [3.05, 3.63) is 78.0 Å². The topological polar surface area (TPSA) is 46.3 Å². The molecule has 1 heterocycles. The summed E-state index contributed by atoms with van der Waals surface area (Å²) in [5.74, 6) is -0.676. The summed E-state index contributed by atoms with van der Waals surface area (Å²) in [6.07, 6.45) is 4.07. The van der Waals surface area contributed by atoms with Crippen LogP contribution in [0.15, 0.2) is 66.9 Å². The Morgan fingerprint density at radius 1 is 1.10 bits per heavy atom. The van der Waals surface area contributed by atoms with Crippen LogP contribution in [0.4, 0.5) is 5.69 Å². The normalized spacial score (nSPS) is 18.1. The minimum Gasteiger partial charge on any atom is -0.369 e. The van der Waals surface area contributed by atoms with E-state index in [2.05, 4.69) is 23.1 Å². The Bertz CT molecular complexity index is 679. The first kappa shape index (κ1) is 13.4. The molecule has 3 nitrogen and oxygen atoms in total. The Morgan fingerprint density at radius 2 is 1.76 bits per heavy atom. The quantitative estimate of drug-likeness (QED) is 0.938. The number of allylic oxidation sites excluding steroid dienone is 1. The fraction of sp³-hybridized carbons (Fsp3) is 0.167. The third kappa shape index (κ3) is 2.42. The van der Waals surface area contributed by atoms with Crippen LogP contribution < -0.4 is 10.6 Å². The first-order valence-electron chi connectivity index (χ1n) is 7.03. The van der Waals surface area contributed by atoms with Crippen molar-refractivity contribution in [3.63, 3.8) is 0 Å². The number of fused-ring (bicyclic) bond motifs is 1. The van der Waals surface area contributed by atoms with E-state index in [9.17, 15) is 4.79 Å². The molecule has 1 amide bonds. The minimum absolute atomic E-state index is 0.0303. The highest BCUT2D eigenvalue weighted by molar-refractivity contribution is 5.84. The molecule has 1 aliphatic heterocycles. The summed E-state index contributed by atoms with van der Waals surface area (Å²) in [5.41, 5.74) is 8.91. The second-order valence-corrected chi connectivity index (χ2v) is 5.33. The van der Waals surface area contributed by atoms with Crippen LogP contribution in [0.5, 0.6) is 0 Å². The molecular formula is C18H18N2O. The van der Waals surface area contributed by atoms with Crippen LogP contribution in [-0.4, -0.2) is 13.0 Å². The number of benzene rings is 2. The van der Waals surface area contributed by atoms with Gasteiger partial charge in [-0.05, 0) is 17.2 Å². The number of anilines is 1. The maximum Gasteiger partial charge on any atom is 0.225 e.